The molecule has 0 N–H and O–H groups in total. The van der Waals surface area contributed by atoms with E-state index in [1.54, 1.807) is 0 Å². The fraction of sp³-hybridized carbons (Fsp3) is 0.280. The summed E-state index contributed by atoms with van der Waals surface area (Å²) < 4.78 is 2.26. The highest BCUT2D eigenvalue weighted by Crippen LogP contribution is 2.36. The summed E-state index contributed by atoms with van der Waals surface area (Å²) >= 11 is 0. The molecule has 2 aromatic carbocycles. The lowest BCUT2D eigenvalue weighted by atomic mass is 9.94. The van der Waals surface area contributed by atoms with E-state index in [1.165, 1.54) is 64.2 Å². The highest BCUT2D eigenvalue weighted by atomic mass is 14.9. The van der Waals surface area contributed by atoms with Crippen LogP contribution in [0.5, 0.6) is 0 Å². The van der Waals surface area contributed by atoms with Gasteiger partial charge in [-0.25, -0.2) is 4.57 Å². The summed E-state index contributed by atoms with van der Waals surface area (Å²) in [7, 11) is 2.15. The maximum Gasteiger partial charge on any atom is 0.212 e. The summed E-state index contributed by atoms with van der Waals surface area (Å²) in [6.45, 7) is 2.20. The average molecular weight is 353 g/mol. The molecule has 0 atom stereocenters. The van der Waals surface area contributed by atoms with Gasteiger partial charge in [0.05, 0.1) is 5.52 Å². The van der Waals surface area contributed by atoms with Gasteiger partial charge in [-0.1, -0.05) is 37.1 Å². The topological polar surface area (TPSA) is 16.8 Å². The van der Waals surface area contributed by atoms with Gasteiger partial charge in [-0.15, -0.1) is 0 Å². The van der Waals surface area contributed by atoms with E-state index in [0.717, 1.165) is 11.4 Å². The standard InChI is InChI=1S/C25H25N2/c1-17-13-24-23(21-10-6-5-9-20(21)16-26-24)15-22(17)25-14-19(11-12-27(25)2)18-7-3-4-8-18/h5-6,9-16,18H,3-4,7-8H2,1-2H3/q+1. The Morgan fingerprint density at radius 1 is 0.963 bits per heavy atom. The quantitative estimate of drug-likeness (QED) is 0.326. The van der Waals surface area contributed by atoms with Gasteiger partial charge < -0.3 is 0 Å². The lowest BCUT2D eigenvalue weighted by molar-refractivity contribution is -0.660. The van der Waals surface area contributed by atoms with Crippen molar-refractivity contribution in [2.24, 2.45) is 7.05 Å². The Kier molecular flexibility index (Phi) is 3.93. The molecule has 0 spiro atoms. The number of hydrogen-bond donors (Lipinski definition) is 0. The number of aryl methyl sites for hydroxylation is 2. The van der Waals surface area contributed by atoms with Gasteiger partial charge in [0.2, 0.25) is 5.69 Å². The molecule has 0 unspecified atom stereocenters. The van der Waals surface area contributed by atoms with E-state index >= 15 is 0 Å². The van der Waals surface area contributed by atoms with Gasteiger partial charge in [0, 0.05) is 34.7 Å². The molecule has 4 aromatic rings. The third kappa shape index (κ3) is 2.80. The van der Waals surface area contributed by atoms with E-state index in [0.29, 0.717) is 0 Å². The molecule has 0 saturated heterocycles. The van der Waals surface area contributed by atoms with Crippen LogP contribution in [0.1, 0.15) is 42.7 Å². The number of aromatic nitrogens is 2. The van der Waals surface area contributed by atoms with E-state index < -0.39 is 0 Å². The van der Waals surface area contributed by atoms with Crippen molar-refractivity contribution in [2.45, 2.75) is 38.5 Å². The van der Waals surface area contributed by atoms with Crippen LogP contribution in [0.3, 0.4) is 0 Å². The molecule has 2 nitrogen and oxygen atoms in total. The Hall–Kier alpha value is -2.74. The van der Waals surface area contributed by atoms with E-state index in [4.69, 9.17) is 4.98 Å². The van der Waals surface area contributed by atoms with Crippen molar-refractivity contribution in [3.63, 3.8) is 0 Å². The molecule has 0 bridgehead atoms. The van der Waals surface area contributed by atoms with Crippen molar-refractivity contribution in [1.82, 2.24) is 4.98 Å². The van der Waals surface area contributed by atoms with Crippen LogP contribution in [0.2, 0.25) is 0 Å². The van der Waals surface area contributed by atoms with Crippen LogP contribution < -0.4 is 4.57 Å². The first kappa shape index (κ1) is 16.4. The van der Waals surface area contributed by atoms with Gasteiger partial charge in [-0.3, -0.25) is 4.98 Å². The first-order chi connectivity index (χ1) is 13.2. The summed E-state index contributed by atoms with van der Waals surface area (Å²) in [6.07, 6.45) is 9.61. The van der Waals surface area contributed by atoms with Crippen molar-refractivity contribution in [3.05, 3.63) is 72.1 Å². The lowest BCUT2D eigenvalue weighted by Gasteiger charge is -2.12. The second-order valence-corrected chi connectivity index (χ2v) is 7.97. The summed E-state index contributed by atoms with van der Waals surface area (Å²) in [5.74, 6) is 0.730. The van der Waals surface area contributed by atoms with Crippen LogP contribution in [0, 0.1) is 6.92 Å². The van der Waals surface area contributed by atoms with Crippen LogP contribution in [0.15, 0.2) is 60.9 Å². The van der Waals surface area contributed by atoms with Gasteiger partial charge in [-0.05, 0) is 54.3 Å². The summed E-state index contributed by atoms with van der Waals surface area (Å²) in [4.78, 5) is 4.70. The molecular formula is C25H25N2+. The fourth-order valence-corrected chi connectivity index (χ4v) is 4.65. The van der Waals surface area contributed by atoms with Crippen molar-refractivity contribution in [2.75, 3.05) is 0 Å². The van der Waals surface area contributed by atoms with Crippen LogP contribution in [0.4, 0.5) is 0 Å². The highest BCUT2D eigenvalue weighted by Gasteiger charge is 2.21. The number of pyridine rings is 2. The molecule has 1 saturated carbocycles. The molecule has 0 amide bonds. The van der Waals surface area contributed by atoms with E-state index in [-0.39, 0.29) is 0 Å². The number of fused-ring (bicyclic) bond motifs is 3. The predicted octanol–water partition coefficient (Wildman–Crippen LogP) is 5.85. The van der Waals surface area contributed by atoms with Crippen LogP contribution in [-0.4, -0.2) is 4.98 Å². The monoisotopic (exact) mass is 353 g/mol. The normalized spacial score (nSPS) is 15.0. The Balaban J connectivity index is 1.73. The minimum Gasteiger partial charge on any atom is -0.256 e. The van der Waals surface area contributed by atoms with Crippen LogP contribution in [-0.2, 0) is 7.05 Å². The van der Waals surface area contributed by atoms with Gasteiger partial charge in [0.25, 0.3) is 0 Å². The highest BCUT2D eigenvalue weighted by molar-refractivity contribution is 6.06. The molecule has 1 aliphatic rings. The Bertz CT molecular complexity index is 1150. The van der Waals surface area contributed by atoms with Crippen molar-refractivity contribution >= 4 is 21.7 Å². The van der Waals surface area contributed by atoms with E-state index in [2.05, 4.69) is 73.3 Å². The van der Waals surface area contributed by atoms with E-state index in [9.17, 15) is 0 Å². The first-order valence-corrected chi connectivity index (χ1v) is 9.99. The first-order valence-electron chi connectivity index (χ1n) is 9.99. The van der Waals surface area contributed by atoms with Gasteiger partial charge >= 0.3 is 0 Å². The molecule has 5 rings (SSSR count). The number of benzene rings is 2. The SMILES string of the molecule is Cc1cc2ncc3ccccc3c2cc1-c1cc(C2CCCC2)cc[n+]1C. The van der Waals surface area contributed by atoms with E-state index in [1.807, 2.05) is 6.20 Å². The maximum atomic E-state index is 4.70. The van der Waals surface area contributed by atoms with Gasteiger partial charge in [0.15, 0.2) is 6.20 Å². The second-order valence-electron chi connectivity index (χ2n) is 7.97. The zero-order valence-electron chi connectivity index (χ0n) is 16.1. The predicted molar refractivity (Wildman–Crippen MR) is 112 cm³/mol. The minimum atomic E-state index is 0.730. The molecule has 0 aliphatic heterocycles. The second kappa shape index (κ2) is 6.45. The molecule has 27 heavy (non-hydrogen) atoms. The third-order valence-corrected chi connectivity index (χ3v) is 6.21. The Labute approximate surface area is 160 Å². The molecule has 0 radical (unpaired) electrons. The molecule has 1 fully saturated rings. The Morgan fingerprint density at radius 2 is 1.78 bits per heavy atom. The molecule has 2 heteroatoms. The average Bonchev–Trinajstić information content (AvgIpc) is 3.23. The zero-order chi connectivity index (χ0) is 18.4. The molecule has 2 heterocycles. The van der Waals surface area contributed by atoms with Crippen molar-refractivity contribution < 1.29 is 4.57 Å². The summed E-state index contributed by atoms with van der Waals surface area (Å²) in [6, 6.07) is 17.8. The lowest BCUT2D eigenvalue weighted by Crippen LogP contribution is -2.31. The van der Waals surface area contributed by atoms with Gasteiger partial charge in [-0.2, -0.15) is 0 Å². The minimum absolute atomic E-state index is 0.730. The number of nitrogens with zero attached hydrogens (tertiary/aromatic N) is 2. The Morgan fingerprint density at radius 3 is 2.63 bits per heavy atom. The van der Waals surface area contributed by atoms with Crippen molar-refractivity contribution in [3.8, 4) is 11.3 Å². The number of rotatable bonds is 2. The smallest absolute Gasteiger partial charge is 0.212 e. The summed E-state index contributed by atoms with van der Waals surface area (Å²) in [5.41, 5.74) is 6.46. The van der Waals surface area contributed by atoms with Crippen LogP contribution in [0.25, 0.3) is 32.9 Å². The zero-order valence-corrected chi connectivity index (χ0v) is 16.1. The maximum absolute atomic E-state index is 4.70. The molecule has 134 valence electrons. The van der Waals surface area contributed by atoms with Crippen LogP contribution >= 0.6 is 0 Å². The molecular weight excluding hydrogens is 328 g/mol. The van der Waals surface area contributed by atoms with Gasteiger partial charge in [0.1, 0.15) is 7.05 Å². The third-order valence-electron chi connectivity index (χ3n) is 6.21. The number of hydrogen-bond acceptors (Lipinski definition) is 1. The molecule has 2 aromatic heterocycles. The fourth-order valence-electron chi connectivity index (χ4n) is 4.65. The largest absolute Gasteiger partial charge is 0.256 e. The molecule has 1 aliphatic carbocycles. The van der Waals surface area contributed by atoms with Crippen molar-refractivity contribution in [1.29, 1.82) is 0 Å². The summed E-state index contributed by atoms with van der Waals surface area (Å²) in [5, 5.41) is 3.71.